The van der Waals surface area contributed by atoms with Crippen LogP contribution in [0.2, 0.25) is 0 Å². The lowest BCUT2D eigenvalue weighted by Gasteiger charge is -2.37. The van der Waals surface area contributed by atoms with Crippen molar-refractivity contribution in [3.63, 3.8) is 0 Å². The molecule has 2 aromatic carbocycles. The molecule has 9 nitrogen and oxygen atoms in total. The number of hydrogen-bond acceptors (Lipinski definition) is 9. The second-order valence-electron chi connectivity index (χ2n) is 7.20. The lowest BCUT2D eigenvalue weighted by molar-refractivity contribution is -0.182. The van der Waals surface area contributed by atoms with Crippen LogP contribution in [0.15, 0.2) is 45.6 Å². The van der Waals surface area contributed by atoms with Gasteiger partial charge in [0.05, 0.1) is 24.4 Å². The van der Waals surface area contributed by atoms with Crippen LogP contribution in [0.1, 0.15) is 18.1 Å². The molecule has 0 saturated carbocycles. The van der Waals surface area contributed by atoms with Gasteiger partial charge in [0.15, 0.2) is 5.43 Å². The Morgan fingerprint density at radius 2 is 1.80 bits per heavy atom. The largest absolute Gasteiger partial charge is 0.508 e. The van der Waals surface area contributed by atoms with Gasteiger partial charge in [-0.1, -0.05) is 12.1 Å². The highest BCUT2D eigenvalue weighted by Crippen LogP contribution is 2.44. The molecule has 4 atom stereocenters. The van der Waals surface area contributed by atoms with E-state index in [4.69, 9.17) is 9.15 Å². The van der Waals surface area contributed by atoms with Crippen LogP contribution in [0, 0.1) is 0 Å². The summed E-state index contributed by atoms with van der Waals surface area (Å²) in [6.07, 6.45) is -4.88. The van der Waals surface area contributed by atoms with E-state index in [1.165, 1.54) is 12.1 Å². The number of benzene rings is 2. The zero-order valence-corrected chi connectivity index (χ0v) is 15.6. The Kier molecular flexibility index (Phi) is 5.12. The quantitative estimate of drug-likeness (QED) is 0.367. The van der Waals surface area contributed by atoms with Crippen LogP contribution in [0.25, 0.3) is 22.3 Å². The van der Waals surface area contributed by atoms with E-state index >= 15 is 0 Å². The van der Waals surface area contributed by atoms with E-state index in [1.807, 2.05) is 0 Å². The third-order valence-corrected chi connectivity index (χ3v) is 5.19. The number of phenols is 3. The Morgan fingerprint density at radius 3 is 2.50 bits per heavy atom. The first-order chi connectivity index (χ1) is 14.3. The summed E-state index contributed by atoms with van der Waals surface area (Å²) >= 11 is 0. The summed E-state index contributed by atoms with van der Waals surface area (Å²) in [6, 6.07) is 8.29. The fraction of sp³-hybridized carbons (Fsp3) is 0.286. The Bertz CT molecular complexity index is 1150. The molecule has 2 unspecified atom stereocenters. The summed E-state index contributed by atoms with van der Waals surface area (Å²) < 4.78 is 11.1. The molecule has 6 N–H and O–H groups in total. The maximum absolute atomic E-state index is 12.7. The van der Waals surface area contributed by atoms with Crippen LogP contribution in [0.5, 0.6) is 17.2 Å². The second kappa shape index (κ2) is 7.62. The van der Waals surface area contributed by atoms with Crippen molar-refractivity contribution in [3.8, 4) is 28.6 Å². The lowest BCUT2D eigenvalue weighted by atomic mass is 9.92. The summed E-state index contributed by atoms with van der Waals surface area (Å²) in [5, 5.41) is 60.2. The van der Waals surface area contributed by atoms with Gasteiger partial charge in [0.1, 0.15) is 46.2 Å². The smallest absolute Gasteiger partial charge is 0.197 e. The van der Waals surface area contributed by atoms with E-state index in [2.05, 4.69) is 0 Å². The van der Waals surface area contributed by atoms with Gasteiger partial charge in [-0.15, -0.1) is 0 Å². The van der Waals surface area contributed by atoms with Crippen LogP contribution in [0.4, 0.5) is 0 Å². The molecule has 1 aromatic heterocycles. The molecule has 9 heteroatoms. The molecule has 0 aliphatic carbocycles. The first kappa shape index (κ1) is 20.2. The van der Waals surface area contributed by atoms with Gasteiger partial charge in [0.25, 0.3) is 0 Å². The minimum Gasteiger partial charge on any atom is -0.508 e. The van der Waals surface area contributed by atoms with Gasteiger partial charge < -0.3 is 39.8 Å². The highest BCUT2D eigenvalue weighted by Gasteiger charge is 2.40. The zero-order chi connectivity index (χ0) is 21.6. The molecule has 1 aliphatic heterocycles. The van der Waals surface area contributed by atoms with Crippen molar-refractivity contribution in [2.24, 2.45) is 0 Å². The zero-order valence-electron chi connectivity index (χ0n) is 15.6. The lowest BCUT2D eigenvalue weighted by Crippen LogP contribution is -2.44. The third kappa shape index (κ3) is 3.37. The van der Waals surface area contributed by atoms with Crippen molar-refractivity contribution < 1.29 is 39.8 Å². The molecule has 3 aromatic rings. The van der Waals surface area contributed by atoms with E-state index in [9.17, 15) is 35.4 Å². The van der Waals surface area contributed by atoms with Crippen LogP contribution < -0.4 is 5.43 Å². The van der Waals surface area contributed by atoms with Gasteiger partial charge in [-0.05, 0) is 12.1 Å². The Labute approximate surface area is 169 Å². The maximum atomic E-state index is 12.7. The van der Waals surface area contributed by atoms with Crippen LogP contribution in [-0.2, 0) is 4.74 Å². The van der Waals surface area contributed by atoms with Crippen molar-refractivity contribution in [2.45, 2.75) is 30.8 Å². The number of rotatable bonds is 3. The summed E-state index contributed by atoms with van der Waals surface area (Å²) in [7, 11) is 0. The fourth-order valence-electron chi connectivity index (χ4n) is 3.70. The minimum atomic E-state index is -1.30. The van der Waals surface area contributed by atoms with Crippen molar-refractivity contribution in [3.05, 3.63) is 52.2 Å². The standard InChI is InChI=1S/C21H20O9/c22-8-17-11(24)5-14(27)21(30-17)19-13(26)7-16-18(20(19)28)12(25)6-15(29-16)9-2-1-3-10(23)4-9/h1-4,6-7,11,14,17,21-24,26-28H,5,8H2/t11?,14-,17+,21?/m0/s1. The summed E-state index contributed by atoms with van der Waals surface area (Å²) in [4.78, 5) is 12.7. The topological polar surface area (TPSA) is 161 Å². The highest BCUT2D eigenvalue weighted by molar-refractivity contribution is 5.88. The number of hydrogen-bond donors (Lipinski definition) is 6. The molecular weight excluding hydrogens is 396 g/mol. The fourth-order valence-corrected chi connectivity index (χ4v) is 3.70. The van der Waals surface area contributed by atoms with Crippen LogP contribution in [0.3, 0.4) is 0 Å². The molecule has 1 saturated heterocycles. The molecule has 0 amide bonds. The molecule has 2 heterocycles. The van der Waals surface area contributed by atoms with Crippen LogP contribution >= 0.6 is 0 Å². The summed E-state index contributed by atoms with van der Waals surface area (Å²) in [5.74, 6) is -1.03. The van der Waals surface area contributed by atoms with Crippen LogP contribution in [-0.4, -0.2) is 55.6 Å². The number of ether oxygens (including phenoxy) is 1. The second-order valence-corrected chi connectivity index (χ2v) is 7.20. The summed E-state index contributed by atoms with van der Waals surface area (Å²) in [5.41, 5.74) is -0.540. The highest BCUT2D eigenvalue weighted by atomic mass is 16.5. The van der Waals surface area contributed by atoms with E-state index in [0.717, 1.165) is 12.1 Å². The minimum absolute atomic E-state index is 0.0275. The SMILES string of the molecule is O=c1cc(-c2cccc(O)c2)oc2cc(O)c(C3O[C@H](CO)C(O)C[C@@H]3O)c(O)c12. The van der Waals surface area contributed by atoms with Gasteiger partial charge in [-0.2, -0.15) is 0 Å². The van der Waals surface area contributed by atoms with E-state index < -0.39 is 48.0 Å². The molecule has 30 heavy (non-hydrogen) atoms. The third-order valence-electron chi connectivity index (χ3n) is 5.19. The number of fused-ring (bicyclic) bond motifs is 1. The molecule has 4 rings (SSSR count). The average Bonchev–Trinajstić information content (AvgIpc) is 2.68. The molecule has 0 radical (unpaired) electrons. The Balaban J connectivity index is 1.85. The van der Waals surface area contributed by atoms with E-state index in [-0.39, 0.29) is 34.5 Å². The van der Waals surface area contributed by atoms with Gasteiger partial charge in [-0.3, -0.25) is 4.79 Å². The number of phenolic OH excluding ortho intramolecular Hbond substituents is 3. The molecule has 1 fully saturated rings. The Hall–Kier alpha value is -3.11. The molecule has 0 bridgehead atoms. The van der Waals surface area contributed by atoms with Crippen molar-refractivity contribution in [1.29, 1.82) is 0 Å². The number of aliphatic hydroxyl groups excluding tert-OH is 3. The number of aromatic hydroxyl groups is 3. The average molecular weight is 416 g/mol. The molecule has 158 valence electrons. The van der Waals surface area contributed by atoms with Gasteiger partial charge in [0.2, 0.25) is 0 Å². The van der Waals surface area contributed by atoms with E-state index in [1.54, 1.807) is 12.1 Å². The van der Waals surface area contributed by atoms with Crippen molar-refractivity contribution in [1.82, 2.24) is 0 Å². The van der Waals surface area contributed by atoms with Crippen molar-refractivity contribution in [2.75, 3.05) is 6.61 Å². The Morgan fingerprint density at radius 1 is 1.03 bits per heavy atom. The molecular formula is C21H20O9. The molecule has 1 aliphatic rings. The first-order valence-corrected chi connectivity index (χ1v) is 9.24. The van der Waals surface area contributed by atoms with Gasteiger partial charge in [0, 0.05) is 24.1 Å². The molecule has 0 spiro atoms. The van der Waals surface area contributed by atoms with Gasteiger partial charge in [-0.25, -0.2) is 0 Å². The first-order valence-electron chi connectivity index (χ1n) is 9.24. The predicted molar refractivity (Wildman–Crippen MR) is 104 cm³/mol. The number of aliphatic hydroxyl groups is 3. The van der Waals surface area contributed by atoms with E-state index in [0.29, 0.717) is 5.56 Å². The monoisotopic (exact) mass is 416 g/mol. The maximum Gasteiger partial charge on any atom is 0.197 e. The predicted octanol–water partition coefficient (Wildman–Crippen LogP) is 1.12. The normalized spacial score (nSPS) is 24.2. The summed E-state index contributed by atoms with van der Waals surface area (Å²) in [6.45, 7) is -0.533. The van der Waals surface area contributed by atoms with Crippen molar-refractivity contribution >= 4 is 11.0 Å². The van der Waals surface area contributed by atoms with Gasteiger partial charge >= 0.3 is 0 Å².